The summed E-state index contributed by atoms with van der Waals surface area (Å²) in [4.78, 5) is 12.6. The molecule has 0 spiro atoms. The zero-order valence-electron chi connectivity index (χ0n) is 14.3. The van der Waals surface area contributed by atoms with E-state index in [1.54, 1.807) is 7.05 Å². The average Bonchev–Trinajstić information content (AvgIpc) is 2.82. The Morgan fingerprint density at radius 3 is 2.67 bits per heavy atom. The number of nitrogens with zero attached hydrogens (tertiary/aromatic N) is 3. The van der Waals surface area contributed by atoms with E-state index < -0.39 is 5.91 Å². The molecular formula is C18H21ClN4O. The minimum atomic E-state index is -0.422. The maximum Gasteiger partial charge on any atom is 0.261 e. The molecule has 0 saturated heterocycles. The van der Waals surface area contributed by atoms with Gasteiger partial charge in [0.2, 0.25) is 0 Å². The second-order valence-electron chi connectivity index (χ2n) is 6.32. The molecule has 2 aromatic rings. The van der Waals surface area contributed by atoms with Crippen LogP contribution >= 0.6 is 11.6 Å². The van der Waals surface area contributed by atoms with Crippen molar-refractivity contribution in [1.29, 1.82) is 5.26 Å². The zero-order valence-corrected chi connectivity index (χ0v) is 15.1. The third kappa shape index (κ3) is 3.77. The van der Waals surface area contributed by atoms with Crippen LogP contribution in [-0.4, -0.2) is 15.7 Å². The van der Waals surface area contributed by atoms with Gasteiger partial charge in [-0.3, -0.25) is 9.48 Å². The van der Waals surface area contributed by atoms with Crippen LogP contribution < -0.4 is 5.32 Å². The number of hydrogen-bond donors (Lipinski definition) is 1. The number of rotatable bonds is 5. The van der Waals surface area contributed by atoms with Crippen molar-refractivity contribution in [3.63, 3.8) is 0 Å². The molecule has 0 fully saturated rings. The first kappa shape index (κ1) is 18.0. The van der Waals surface area contributed by atoms with Crippen molar-refractivity contribution in [1.82, 2.24) is 9.78 Å². The van der Waals surface area contributed by atoms with E-state index >= 15 is 0 Å². The Morgan fingerprint density at radius 2 is 2.04 bits per heavy atom. The Kier molecular flexibility index (Phi) is 5.63. The summed E-state index contributed by atoms with van der Waals surface area (Å²) in [5.41, 5.74) is 1.93. The fourth-order valence-electron chi connectivity index (χ4n) is 2.84. The second-order valence-corrected chi connectivity index (χ2v) is 6.68. The normalized spacial score (nSPS) is 12.0. The molecule has 0 radical (unpaired) electrons. The van der Waals surface area contributed by atoms with E-state index in [9.17, 15) is 4.79 Å². The van der Waals surface area contributed by atoms with Crippen molar-refractivity contribution in [3.05, 3.63) is 46.2 Å². The van der Waals surface area contributed by atoms with Crippen LogP contribution in [0.25, 0.3) is 0 Å². The van der Waals surface area contributed by atoms with Crippen LogP contribution in [0.1, 0.15) is 54.7 Å². The largest absolute Gasteiger partial charge is 0.322 e. The van der Waals surface area contributed by atoms with Gasteiger partial charge >= 0.3 is 0 Å². The molecule has 0 aliphatic rings. The Balaban J connectivity index is 2.33. The van der Waals surface area contributed by atoms with Gasteiger partial charge in [-0.15, -0.1) is 0 Å². The molecule has 126 valence electrons. The summed E-state index contributed by atoms with van der Waals surface area (Å²) in [5, 5.41) is 16.1. The number of carbonyl (C=O) groups is 1. The molecule has 1 N–H and O–H groups in total. The molecule has 0 aliphatic heterocycles. The fraction of sp³-hybridized carbons (Fsp3) is 0.389. The molecule has 1 aromatic heterocycles. The summed E-state index contributed by atoms with van der Waals surface area (Å²) >= 11 is 6.11. The second kappa shape index (κ2) is 7.50. The maximum absolute atomic E-state index is 12.6. The molecule has 1 unspecified atom stereocenters. The number of halogens is 1. The molecule has 24 heavy (non-hydrogen) atoms. The van der Waals surface area contributed by atoms with Crippen molar-refractivity contribution >= 4 is 23.2 Å². The van der Waals surface area contributed by atoms with Gasteiger partial charge in [-0.25, -0.2) is 0 Å². The van der Waals surface area contributed by atoms with Crippen LogP contribution in [-0.2, 0) is 7.05 Å². The van der Waals surface area contributed by atoms with E-state index in [1.807, 2.05) is 30.3 Å². The lowest BCUT2D eigenvalue weighted by Gasteiger charge is -2.18. The monoisotopic (exact) mass is 344 g/mol. The number of hydrogen-bond acceptors (Lipinski definition) is 3. The lowest BCUT2D eigenvalue weighted by Crippen LogP contribution is -2.15. The highest BCUT2D eigenvalue weighted by atomic mass is 35.5. The summed E-state index contributed by atoms with van der Waals surface area (Å²) in [6.07, 6.45) is 1.02. The van der Waals surface area contributed by atoms with Gasteiger partial charge in [-0.05, 0) is 29.9 Å². The molecule has 0 bridgehead atoms. The molecule has 1 heterocycles. The number of para-hydroxylation sites is 1. The van der Waals surface area contributed by atoms with Crippen molar-refractivity contribution in [3.8, 4) is 6.07 Å². The Labute approximate surface area is 147 Å². The third-order valence-electron chi connectivity index (χ3n) is 3.88. The first-order valence-electron chi connectivity index (χ1n) is 7.88. The zero-order chi connectivity index (χ0) is 17.9. The molecule has 1 amide bonds. The standard InChI is InChI=1S/C18H21ClN4O/c1-11(2)9-12(3)13-7-5-6-8-14(13)21-18(24)16-15(10-20)22-23(4)17(16)19/h5-8,11-12H,9H2,1-4H3,(H,21,24). The molecule has 2 rings (SSSR count). The highest BCUT2D eigenvalue weighted by molar-refractivity contribution is 6.33. The van der Waals surface area contributed by atoms with E-state index in [0.29, 0.717) is 11.8 Å². The summed E-state index contributed by atoms with van der Waals surface area (Å²) in [6, 6.07) is 9.61. The van der Waals surface area contributed by atoms with Gasteiger partial charge in [0.1, 0.15) is 16.8 Å². The minimum absolute atomic E-state index is 0.0210. The predicted octanol–water partition coefficient (Wildman–Crippen LogP) is 4.35. The summed E-state index contributed by atoms with van der Waals surface area (Å²) in [5.74, 6) is 0.442. The van der Waals surface area contributed by atoms with Gasteiger partial charge in [0, 0.05) is 12.7 Å². The Morgan fingerprint density at radius 1 is 1.38 bits per heavy atom. The average molecular weight is 345 g/mol. The number of nitriles is 1. The molecular weight excluding hydrogens is 324 g/mol. The fourth-order valence-corrected chi connectivity index (χ4v) is 3.06. The number of aromatic nitrogens is 2. The summed E-state index contributed by atoms with van der Waals surface area (Å²) < 4.78 is 1.32. The molecule has 1 aromatic carbocycles. The highest BCUT2D eigenvalue weighted by Gasteiger charge is 2.23. The first-order valence-corrected chi connectivity index (χ1v) is 8.25. The Bertz CT molecular complexity index is 789. The number of anilines is 1. The van der Waals surface area contributed by atoms with E-state index in [2.05, 4.69) is 31.2 Å². The Hall–Kier alpha value is -2.32. The molecule has 6 heteroatoms. The molecule has 1 atom stereocenters. The summed E-state index contributed by atoms with van der Waals surface area (Å²) in [7, 11) is 1.60. The number of amides is 1. The van der Waals surface area contributed by atoms with Crippen LogP contribution in [0.3, 0.4) is 0 Å². The number of nitrogens with one attached hydrogen (secondary N) is 1. The number of carbonyl (C=O) groups excluding carboxylic acids is 1. The first-order chi connectivity index (χ1) is 11.3. The molecule has 0 saturated carbocycles. The van der Waals surface area contributed by atoms with E-state index in [4.69, 9.17) is 16.9 Å². The van der Waals surface area contributed by atoms with Crippen molar-refractivity contribution in [2.75, 3.05) is 5.32 Å². The quantitative estimate of drug-likeness (QED) is 0.876. The van der Waals surface area contributed by atoms with Gasteiger partial charge < -0.3 is 5.32 Å². The van der Waals surface area contributed by atoms with Crippen molar-refractivity contribution < 1.29 is 4.79 Å². The van der Waals surface area contributed by atoms with Gasteiger partial charge in [0.25, 0.3) is 5.91 Å². The van der Waals surface area contributed by atoms with Gasteiger partial charge in [-0.1, -0.05) is 50.6 Å². The lowest BCUT2D eigenvalue weighted by molar-refractivity contribution is 0.102. The van der Waals surface area contributed by atoms with Gasteiger partial charge in [-0.2, -0.15) is 10.4 Å². The van der Waals surface area contributed by atoms with Crippen LogP contribution in [0.15, 0.2) is 24.3 Å². The van der Waals surface area contributed by atoms with E-state index in [-0.39, 0.29) is 16.4 Å². The van der Waals surface area contributed by atoms with Gasteiger partial charge in [0.05, 0.1) is 0 Å². The minimum Gasteiger partial charge on any atom is -0.322 e. The highest BCUT2D eigenvalue weighted by Crippen LogP contribution is 2.30. The van der Waals surface area contributed by atoms with Crippen LogP contribution in [0.4, 0.5) is 5.69 Å². The molecule has 0 aliphatic carbocycles. The van der Waals surface area contributed by atoms with Crippen molar-refractivity contribution in [2.24, 2.45) is 13.0 Å². The third-order valence-corrected chi connectivity index (χ3v) is 4.31. The van der Waals surface area contributed by atoms with Crippen LogP contribution in [0.5, 0.6) is 0 Å². The van der Waals surface area contributed by atoms with Crippen LogP contribution in [0.2, 0.25) is 5.15 Å². The van der Waals surface area contributed by atoms with Gasteiger partial charge in [0.15, 0.2) is 5.69 Å². The molecule has 5 nitrogen and oxygen atoms in total. The van der Waals surface area contributed by atoms with Crippen LogP contribution in [0, 0.1) is 17.2 Å². The maximum atomic E-state index is 12.6. The number of aryl methyl sites for hydroxylation is 1. The predicted molar refractivity (Wildman–Crippen MR) is 95.2 cm³/mol. The summed E-state index contributed by atoms with van der Waals surface area (Å²) in [6.45, 7) is 6.49. The van der Waals surface area contributed by atoms with E-state index in [1.165, 1.54) is 4.68 Å². The number of benzene rings is 1. The topological polar surface area (TPSA) is 70.7 Å². The lowest BCUT2D eigenvalue weighted by atomic mass is 9.91. The van der Waals surface area contributed by atoms with Crippen molar-refractivity contribution in [2.45, 2.75) is 33.1 Å². The SMILES string of the molecule is CC(C)CC(C)c1ccccc1NC(=O)c1c(C#N)nn(C)c1Cl. The van der Waals surface area contributed by atoms with E-state index in [0.717, 1.165) is 17.7 Å². The smallest absolute Gasteiger partial charge is 0.261 e.